The number of hydrogen-bond donors (Lipinski definition) is 0. The zero-order valence-electron chi connectivity index (χ0n) is 23.6. The van der Waals surface area contributed by atoms with E-state index in [1.807, 2.05) is 59.9 Å². The molecule has 0 aliphatic heterocycles. The predicted octanol–water partition coefficient (Wildman–Crippen LogP) is 11.3. The van der Waals surface area contributed by atoms with Crippen molar-refractivity contribution in [1.82, 2.24) is 9.97 Å². The summed E-state index contributed by atoms with van der Waals surface area (Å²) in [5.41, 5.74) is 7.96. The lowest BCUT2D eigenvalue weighted by molar-refractivity contribution is 0.630. The van der Waals surface area contributed by atoms with Gasteiger partial charge in [0.25, 0.3) is 0 Å². The molecule has 0 N–H and O–H groups in total. The highest BCUT2D eigenvalue weighted by Gasteiger charge is 2.15. The maximum absolute atomic E-state index is 15.1. The highest BCUT2D eigenvalue weighted by Crippen LogP contribution is 2.39. The van der Waals surface area contributed by atoms with Crippen LogP contribution in [-0.2, 0) is 0 Å². The lowest BCUT2D eigenvalue weighted by Gasteiger charge is -2.13. The van der Waals surface area contributed by atoms with Gasteiger partial charge in [-0.05, 0) is 76.9 Å². The van der Waals surface area contributed by atoms with Gasteiger partial charge in [0.2, 0.25) is 0 Å². The van der Waals surface area contributed by atoms with Crippen LogP contribution in [-0.4, -0.2) is 9.97 Å². The van der Waals surface area contributed by atoms with Gasteiger partial charge in [-0.15, -0.1) is 11.3 Å². The average molecular weight is 585 g/mol. The largest absolute Gasteiger partial charge is 0.228 e. The molecule has 0 saturated heterocycles. The Hall–Kier alpha value is -5.45. The molecule has 0 radical (unpaired) electrons. The molecule has 8 rings (SSSR count). The van der Waals surface area contributed by atoms with Gasteiger partial charge in [0, 0.05) is 36.9 Å². The van der Waals surface area contributed by atoms with E-state index in [9.17, 15) is 0 Å². The van der Waals surface area contributed by atoms with Crippen molar-refractivity contribution in [2.24, 2.45) is 0 Å². The van der Waals surface area contributed by atoms with Gasteiger partial charge in [0.1, 0.15) is 5.82 Å². The third-order valence-corrected chi connectivity index (χ3v) is 9.11. The van der Waals surface area contributed by atoms with Crippen LogP contribution in [0.5, 0.6) is 0 Å². The zero-order chi connectivity index (χ0) is 29.5. The van der Waals surface area contributed by atoms with Crippen molar-refractivity contribution in [3.8, 4) is 56.2 Å². The summed E-state index contributed by atoms with van der Waals surface area (Å²) in [5, 5.41) is 2.52. The van der Waals surface area contributed by atoms with Crippen molar-refractivity contribution < 1.29 is 4.39 Å². The number of benzene rings is 6. The van der Waals surface area contributed by atoms with Crippen LogP contribution in [0.25, 0.3) is 76.3 Å². The van der Waals surface area contributed by atoms with Crippen LogP contribution in [0, 0.1) is 5.82 Å². The minimum atomic E-state index is -0.314. The van der Waals surface area contributed by atoms with Crippen LogP contribution in [0.15, 0.2) is 152 Å². The first-order valence-electron chi connectivity index (χ1n) is 14.5. The van der Waals surface area contributed by atoms with E-state index < -0.39 is 0 Å². The summed E-state index contributed by atoms with van der Waals surface area (Å²) in [5.74, 6) is 0.241. The molecule has 0 spiro atoms. The Morgan fingerprint density at radius 2 is 1.02 bits per heavy atom. The summed E-state index contributed by atoms with van der Waals surface area (Å²) >= 11 is 1.82. The second kappa shape index (κ2) is 11.0. The van der Waals surface area contributed by atoms with Crippen molar-refractivity contribution in [3.63, 3.8) is 0 Å². The number of nitrogens with zero attached hydrogens (tertiary/aromatic N) is 2. The van der Waals surface area contributed by atoms with Gasteiger partial charge in [0.15, 0.2) is 5.82 Å². The standard InChI is InChI=1S/C40H25FN2S/c41-35-17-9-7-16-33(35)37-25-36(42-40(43-37)27-13-5-2-6-14-27)31-22-29(26-11-3-1-4-12-26)21-30(23-31)28-19-20-39-34(24-28)32-15-8-10-18-38(32)44-39/h1-25H. The van der Waals surface area contributed by atoms with Crippen LogP contribution < -0.4 is 0 Å². The summed E-state index contributed by atoms with van der Waals surface area (Å²) in [4.78, 5) is 9.88. The number of aromatic nitrogens is 2. The van der Waals surface area contributed by atoms with Crippen molar-refractivity contribution in [2.45, 2.75) is 0 Å². The predicted molar refractivity (Wildman–Crippen MR) is 182 cm³/mol. The van der Waals surface area contributed by atoms with Gasteiger partial charge >= 0.3 is 0 Å². The number of hydrogen-bond acceptors (Lipinski definition) is 3. The number of halogens is 1. The molecule has 8 aromatic rings. The van der Waals surface area contributed by atoms with Crippen molar-refractivity contribution in [2.75, 3.05) is 0 Å². The van der Waals surface area contributed by atoms with Crippen molar-refractivity contribution in [1.29, 1.82) is 0 Å². The quantitative estimate of drug-likeness (QED) is 0.201. The van der Waals surface area contributed by atoms with E-state index in [1.165, 1.54) is 26.2 Å². The molecule has 0 aliphatic rings. The molecule has 208 valence electrons. The molecule has 0 unspecified atom stereocenters. The smallest absolute Gasteiger partial charge is 0.160 e. The molecule has 0 saturated carbocycles. The fourth-order valence-electron chi connectivity index (χ4n) is 5.76. The molecule has 6 aromatic carbocycles. The van der Waals surface area contributed by atoms with E-state index in [4.69, 9.17) is 9.97 Å². The third kappa shape index (κ3) is 4.85. The molecule has 0 aliphatic carbocycles. The van der Waals surface area contributed by atoms with E-state index in [1.54, 1.807) is 12.1 Å². The van der Waals surface area contributed by atoms with E-state index in [-0.39, 0.29) is 5.82 Å². The molecule has 2 nitrogen and oxygen atoms in total. The van der Waals surface area contributed by atoms with Gasteiger partial charge in [-0.25, -0.2) is 14.4 Å². The second-order valence-corrected chi connectivity index (χ2v) is 11.9. The number of rotatable bonds is 5. The monoisotopic (exact) mass is 584 g/mol. The van der Waals surface area contributed by atoms with Gasteiger partial charge in [-0.2, -0.15) is 0 Å². The molecular weight excluding hydrogens is 560 g/mol. The Morgan fingerprint density at radius 3 is 1.82 bits per heavy atom. The molecule has 4 heteroatoms. The van der Waals surface area contributed by atoms with Crippen molar-refractivity contribution in [3.05, 3.63) is 157 Å². The zero-order valence-corrected chi connectivity index (χ0v) is 24.4. The summed E-state index contributed by atoms with van der Waals surface area (Å²) in [7, 11) is 0. The fourth-order valence-corrected chi connectivity index (χ4v) is 6.85. The highest BCUT2D eigenvalue weighted by atomic mass is 32.1. The summed E-state index contributed by atoms with van der Waals surface area (Å²) in [6.07, 6.45) is 0. The summed E-state index contributed by atoms with van der Waals surface area (Å²) < 4.78 is 17.6. The molecule has 2 heterocycles. The first kappa shape index (κ1) is 26.2. The van der Waals surface area contributed by atoms with Gasteiger partial charge in [0.05, 0.1) is 11.4 Å². The molecular formula is C40H25FN2S. The maximum Gasteiger partial charge on any atom is 0.160 e. The molecule has 0 atom stereocenters. The molecule has 2 aromatic heterocycles. The third-order valence-electron chi connectivity index (χ3n) is 7.95. The first-order valence-corrected chi connectivity index (χ1v) is 15.3. The minimum absolute atomic E-state index is 0.314. The molecule has 0 fully saturated rings. The van der Waals surface area contributed by atoms with Crippen LogP contribution in [0.3, 0.4) is 0 Å². The fraction of sp³-hybridized carbons (Fsp3) is 0. The molecule has 0 amide bonds. The number of thiophene rings is 1. The lowest BCUT2D eigenvalue weighted by Crippen LogP contribution is -1.97. The van der Waals surface area contributed by atoms with Crippen molar-refractivity contribution >= 4 is 31.5 Å². The molecule has 44 heavy (non-hydrogen) atoms. The van der Waals surface area contributed by atoms with Crippen LogP contribution in [0.2, 0.25) is 0 Å². The van der Waals surface area contributed by atoms with Gasteiger partial charge in [-0.3, -0.25) is 0 Å². The average Bonchev–Trinajstić information content (AvgIpc) is 3.47. The van der Waals surface area contributed by atoms with Gasteiger partial charge < -0.3 is 0 Å². The Morgan fingerprint density at radius 1 is 0.409 bits per heavy atom. The van der Waals surface area contributed by atoms with Crippen LogP contribution in [0.4, 0.5) is 4.39 Å². The topological polar surface area (TPSA) is 25.8 Å². The molecule has 0 bridgehead atoms. The van der Waals surface area contributed by atoms with E-state index in [0.29, 0.717) is 17.1 Å². The lowest BCUT2D eigenvalue weighted by atomic mass is 9.94. The second-order valence-electron chi connectivity index (χ2n) is 10.8. The summed E-state index contributed by atoms with van der Waals surface area (Å²) in [6, 6.07) is 50.8. The van der Waals surface area contributed by atoms with E-state index in [2.05, 4.69) is 84.9 Å². The SMILES string of the molecule is Fc1ccccc1-c1cc(-c2cc(-c3ccccc3)cc(-c3ccc4sc5ccccc5c4c3)c2)nc(-c2ccccc2)n1. The van der Waals surface area contributed by atoms with Crippen LogP contribution in [0.1, 0.15) is 0 Å². The highest BCUT2D eigenvalue weighted by molar-refractivity contribution is 7.25. The van der Waals surface area contributed by atoms with E-state index in [0.717, 1.165) is 39.1 Å². The van der Waals surface area contributed by atoms with Crippen LogP contribution >= 0.6 is 11.3 Å². The Kier molecular flexibility index (Phi) is 6.55. The number of fused-ring (bicyclic) bond motifs is 3. The summed E-state index contributed by atoms with van der Waals surface area (Å²) in [6.45, 7) is 0. The Bertz CT molecular complexity index is 2290. The normalized spacial score (nSPS) is 11.3. The van der Waals surface area contributed by atoms with Gasteiger partial charge in [-0.1, -0.05) is 97.1 Å². The Balaban J connectivity index is 1.36. The van der Waals surface area contributed by atoms with E-state index >= 15 is 4.39 Å². The first-order chi connectivity index (χ1) is 21.7. The Labute approximate surface area is 258 Å². The minimum Gasteiger partial charge on any atom is -0.228 e. The maximum atomic E-state index is 15.1.